The maximum atomic E-state index is 12.4. The van der Waals surface area contributed by atoms with Crippen LogP contribution in [0.25, 0.3) is 0 Å². The first-order valence-corrected chi connectivity index (χ1v) is 8.21. The zero-order valence-electron chi connectivity index (χ0n) is 12.1. The van der Waals surface area contributed by atoms with E-state index in [0.717, 1.165) is 30.9 Å². The van der Waals surface area contributed by atoms with Gasteiger partial charge in [0.2, 0.25) is 0 Å². The molecule has 5 heteroatoms. The summed E-state index contributed by atoms with van der Waals surface area (Å²) in [5.74, 6) is 1.39. The van der Waals surface area contributed by atoms with Gasteiger partial charge >= 0.3 is 0 Å². The number of nitrogen functional groups attached to an aromatic ring is 1. The molecule has 2 aromatic heterocycles. The molecule has 0 fully saturated rings. The van der Waals surface area contributed by atoms with Crippen LogP contribution >= 0.6 is 11.3 Å². The molecule has 1 aliphatic carbocycles. The summed E-state index contributed by atoms with van der Waals surface area (Å²) in [4.78, 5) is 13.7. The Balaban J connectivity index is 1.76. The minimum Gasteiger partial charge on any atom is -0.467 e. The molecule has 1 amide bonds. The largest absolute Gasteiger partial charge is 0.467 e. The molecule has 0 aromatic carbocycles. The van der Waals surface area contributed by atoms with Crippen LogP contribution in [0.4, 0.5) is 5.00 Å². The lowest BCUT2D eigenvalue weighted by Crippen LogP contribution is -2.25. The number of carbonyl (C=O) groups excluding carboxylic acids is 1. The smallest absolute Gasteiger partial charge is 0.254 e. The van der Waals surface area contributed by atoms with Gasteiger partial charge in [-0.2, -0.15) is 0 Å². The Morgan fingerprint density at radius 3 is 3.14 bits per heavy atom. The second kappa shape index (κ2) is 5.93. The molecule has 2 aromatic rings. The first-order valence-electron chi connectivity index (χ1n) is 7.39. The second-order valence-corrected chi connectivity index (χ2v) is 6.66. The van der Waals surface area contributed by atoms with Crippen LogP contribution in [0.1, 0.15) is 46.3 Å². The number of furan rings is 1. The number of hydrogen-bond acceptors (Lipinski definition) is 4. The summed E-state index contributed by atoms with van der Waals surface area (Å²) in [5, 5.41) is 3.54. The second-order valence-electron chi connectivity index (χ2n) is 5.52. The van der Waals surface area contributed by atoms with Crippen LogP contribution in [-0.2, 0) is 19.4 Å². The number of carbonyl (C=O) groups is 1. The van der Waals surface area contributed by atoms with E-state index in [-0.39, 0.29) is 5.91 Å². The van der Waals surface area contributed by atoms with Crippen LogP contribution in [0.2, 0.25) is 0 Å². The van der Waals surface area contributed by atoms with E-state index in [0.29, 0.717) is 17.1 Å². The van der Waals surface area contributed by atoms with Crippen LogP contribution in [0.3, 0.4) is 0 Å². The topological polar surface area (TPSA) is 68.3 Å². The fourth-order valence-corrected chi connectivity index (χ4v) is 4.17. The van der Waals surface area contributed by atoms with Gasteiger partial charge in [-0.05, 0) is 42.9 Å². The van der Waals surface area contributed by atoms with Crippen molar-refractivity contribution in [3.63, 3.8) is 0 Å². The molecule has 0 spiro atoms. The van der Waals surface area contributed by atoms with Crippen molar-refractivity contribution in [3.8, 4) is 0 Å². The van der Waals surface area contributed by atoms with Gasteiger partial charge in [-0.3, -0.25) is 4.79 Å². The van der Waals surface area contributed by atoms with Crippen molar-refractivity contribution in [3.05, 3.63) is 40.2 Å². The van der Waals surface area contributed by atoms with Crippen LogP contribution in [0.15, 0.2) is 22.8 Å². The lowest BCUT2D eigenvalue weighted by atomic mass is 9.85. The highest BCUT2D eigenvalue weighted by Gasteiger charge is 2.27. The van der Waals surface area contributed by atoms with Crippen LogP contribution in [0, 0.1) is 5.92 Å². The molecule has 2 heterocycles. The van der Waals surface area contributed by atoms with E-state index in [1.54, 1.807) is 17.6 Å². The van der Waals surface area contributed by atoms with Gasteiger partial charge in [0.25, 0.3) is 5.91 Å². The number of fused-ring (bicyclic) bond motifs is 1. The van der Waals surface area contributed by atoms with Crippen molar-refractivity contribution < 1.29 is 9.21 Å². The number of nitrogens with one attached hydrogen (secondary N) is 1. The Morgan fingerprint density at radius 2 is 2.43 bits per heavy atom. The van der Waals surface area contributed by atoms with Crippen molar-refractivity contribution in [1.82, 2.24) is 5.32 Å². The Labute approximate surface area is 128 Å². The molecule has 0 aliphatic heterocycles. The van der Waals surface area contributed by atoms with Crippen LogP contribution in [0.5, 0.6) is 0 Å². The zero-order chi connectivity index (χ0) is 14.8. The molecular weight excluding hydrogens is 284 g/mol. The fourth-order valence-electron chi connectivity index (χ4n) is 2.94. The predicted octanol–water partition coefficient (Wildman–Crippen LogP) is 3.37. The minimum atomic E-state index is -0.0867. The Morgan fingerprint density at radius 1 is 1.57 bits per heavy atom. The predicted molar refractivity (Wildman–Crippen MR) is 84.4 cm³/mol. The SMILES string of the molecule is CCC1CCc2c(sc(N)c2C(=O)NCc2ccco2)C1. The van der Waals surface area contributed by atoms with Crippen LogP contribution < -0.4 is 11.1 Å². The standard InChI is InChI=1S/C16H20N2O2S/c1-2-10-5-6-12-13(8-10)21-15(17)14(12)16(19)18-9-11-4-3-7-20-11/h3-4,7,10H,2,5-6,8-9,17H2,1H3,(H,18,19). The molecule has 21 heavy (non-hydrogen) atoms. The molecule has 0 bridgehead atoms. The third kappa shape index (κ3) is 2.83. The van der Waals surface area contributed by atoms with E-state index in [9.17, 15) is 4.79 Å². The Bertz CT molecular complexity index is 631. The Kier molecular flexibility index (Phi) is 4.01. The van der Waals surface area contributed by atoms with Crippen molar-refractivity contribution in [2.24, 2.45) is 5.92 Å². The number of thiophene rings is 1. The van der Waals surface area contributed by atoms with E-state index in [2.05, 4.69) is 12.2 Å². The third-order valence-electron chi connectivity index (χ3n) is 4.20. The molecule has 0 saturated heterocycles. The molecule has 3 rings (SSSR count). The summed E-state index contributed by atoms with van der Waals surface area (Å²) in [7, 11) is 0. The van der Waals surface area contributed by atoms with Crippen LogP contribution in [-0.4, -0.2) is 5.91 Å². The van der Waals surface area contributed by atoms with Gasteiger partial charge in [-0.25, -0.2) is 0 Å². The first-order chi connectivity index (χ1) is 10.2. The molecule has 0 saturated carbocycles. The number of anilines is 1. The van der Waals surface area contributed by atoms with E-state index < -0.39 is 0 Å². The monoisotopic (exact) mass is 304 g/mol. The van der Waals surface area contributed by atoms with E-state index in [4.69, 9.17) is 10.2 Å². The third-order valence-corrected chi connectivity index (χ3v) is 5.29. The van der Waals surface area contributed by atoms with Gasteiger partial charge in [-0.1, -0.05) is 13.3 Å². The number of hydrogen-bond donors (Lipinski definition) is 2. The van der Waals surface area contributed by atoms with Gasteiger partial charge in [-0.15, -0.1) is 11.3 Å². The molecule has 1 unspecified atom stereocenters. The lowest BCUT2D eigenvalue weighted by Gasteiger charge is -2.21. The fraction of sp³-hybridized carbons (Fsp3) is 0.438. The maximum absolute atomic E-state index is 12.4. The average Bonchev–Trinajstić information content (AvgIpc) is 3.10. The van der Waals surface area contributed by atoms with E-state index >= 15 is 0 Å². The first kappa shape index (κ1) is 14.2. The highest BCUT2D eigenvalue weighted by Crippen LogP contribution is 2.38. The summed E-state index contributed by atoms with van der Waals surface area (Å²) < 4.78 is 5.23. The van der Waals surface area contributed by atoms with E-state index in [1.807, 2.05) is 12.1 Å². The van der Waals surface area contributed by atoms with Gasteiger partial charge in [0.15, 0.2) is 0 Å². The van der Waals surface area contributed by atoms with Crippen molar-refractivity contribution >= 4 is 22.2 Å². The highest BCUT2D eigenvalue weighted by molar-refractivity contribution is 7.16. The summed E-state index contributed by atoms with van der Waals surface area (Å²) in [6.45, 7) is 2.62. The lowest BCUT2D eigenvalue weighted by molar-refractivity contribution is 0.0948. The maximum Gasteiger partial charge on any atom is 0.254 e. The van der Waals surface area contributed by atoms with Gasteiger partial charge < -0.3 is 15.5 Å². The quantitative estimate of drug-likeness (QED) is 0.910. The number of amides is 1. The Hall–Kier alpha value is -1.75. The molecule has 4 nitrogen and oxygen atoms in total. The molecule has 1 aliphatic rings. The highest BCUT2D eigenvalue weighted by atomic mass is 32.1. The molecular formula is C16H20N2O2S. The molecule has 1 atom stereocenters. The summed E-state index contributed by atoms with van der Waals surface area (Å²) >= 11 is 1.58. The molecule has 3 N–H and O–H groups in total. The van der Waals surface area contributed by atoms with Crippen molar-refractivity contribution in [2.75, 3.05) is 5.73 Å². The minimum absolute atomic E-state index is 0.0867. The van der Waals surface area contributed by atoms with Gasteiger partial charge in [0, 0.05) is 4.88 Å². The molecule has 112 valence electrons. The van der Waals surface area contributed by atoms with Crippen molar-refractivity contribution in [2.45, 2.75) is 39.2 Å². The number of rotatable bonds is 4. The van der Waals surface area contributed by atoms with Gasteiger partial charge in [0.1, 0.15) is 5.76 Å². The number of nitrogens with two attached hydrogens (primary N) is 1. The average molecular weight is 304 g/mol. The summed E-state index contributed by atoms with van der Waals surface area (Å²) in [6, 6.07) is 3.66. The normalized spacial score (nSPS) is 17.5. The molecule has 0 radical (unpaired) electrons. The van der Waals surface area contributed by atoms with Crippen molar-refractivity contribution in [1.29, 1.82) is 0 Å². The zero-order valence-corrected chi connectivity index (χ0v) is 13.0. The van der Waals surface area contributed by atoms with Gasteiger partial charge in [0.05, 0.1) is 23.4 Å². The summed E-state index contributed by atoms with van der Waals surface area (Å²) in [5.41, 5.74) is 7.95. The summed E-state index contributed by atoms with van der Waals surface area (Å²) in [6.07, 6.45) is 5.97. The van der Waals surface area contributed by atoms with E-state index in [1.165, 1.54) is 16.9 Å².